The molecule has 0 unspecified atom stereocenters. The van der Waals surface area contributed by atoms with Crippen LogP contribution in [0.4, 0.5) is 0 Å². The van der Waals surface area contributed by atoms with Crippen LogP contribution >= 0.6 is 0 Å². The molecule has 0 saturated carbocycles. The smallest absolute Gasteiger partial charge is 0.0234 e. The number of hydrogen-bond donors (Lipinski definition) is 1. The Morgan fingerprint density at radius 1 is 1.60 bits per heavy atom. The Kier molecular flexibility index (Phi) is 4.29. The van der Waals surface area contributed by atoms with E-state index in [4.69, 9.17) is 0 Å². The van der Waals surface area contributed by atoms with Gasteiger partial charge in [0.1, 0.15) is 0 Å². The van der Waals surface area contributed by atoms with Crippen LogP contribution < -0.4 is 5.43 Å². The first kappa shape index (κ1) is 8.95. The summed E-state index contributed by atoms with van der Waals surface area (Å²) < 4.78 is 0. The molecule has 0 saturated heterocycles. The third-order valence-corrected chi connectivity index (χ3v) is 1.22. The van der Waals surface area contributed by atoms with E-state index >= 15 is 0 Å². The van der Waals surface area contributed by atoms with Gasteiger partial charge in [-0.05, 0) is 11.5 Å². The minimum atomic E-state index is 0.478. The van der Waals surface area contributed by atoms with Gasteiger partial charge in [0.05, 0.1) is 0 Å². The molecule has 56 valence electrons. The third-order valence-electron chi connectivity index (χ3n) is 1.22. The van der Waals surface area contributed by atoms with Gasteiger partial charge >= 0.3 is 0 Å². The lowest BCUT2D eigenvalue weighted by Gasteiger charge is -2.03. The van der Waals surface area contributed by atoms with E-state index in [2.05, 4.69) is 37.7 Å². The fraction of sp³-hybridized carbons (Fsp3) is 0.375. The molecule has 0 radical (unpaired) electrons. The second kappa shape index (κ2) is 4.79. The molecular formula is C8H14N2. The first-order chi connectivity index (χ1) is 4.72. The van der Waals surface area contributed by atoms with Gasteiger partial charge < -0.3 is 0 Å². The highest BCUT2D eigenvalue weighted by atomic mass is 15.3. The maximum Gasteiger partial charge on any atom is 0.0234 e. The molecule has 0 aliphatic rings. The molecule has 2 heteroatoms. The van der Waals surface area contributed by atoms with Crippen molar-refractivity contribution in [1.29, 1.82) is 0 Å². The zero-order valence-corrected chi connectivity index (χ0v) is 6.59. The lowest BCUT2D eigenvalue weighted by atomic mass is 10.1. The van der Waals surface area contributed by atoms with Gasteiger partial charge in [0.2, 0.25) is 0 Å². The van der Waals surface area contributed by atoms with Gasteiger partial charge in [-0.1, -0.05) is 26.5 Å². The van der Waals surface area contributed by atoms with Gasteiger partial charge in [-0.15, -0.1) is 0 Å². The summed E-state index contributed by atoms with van der Waals surface area (Å²) in [6, 6.07) is 0. The molecule has 0 bridgehead atoms. The van der Waals surface area contributed by atoms with Crippen LogP contribution in [0.5, 0.6) is 0 Å². The van der Waals surface area contributed by atoms with Crippen LogP contribution in [0.15, 0.2) is 29.5 Å². The highest BCUT2D eigenvalue weighted by molar-refractivity contribution is 5.23. The predicted molar refractivity (Wildman–Crippen MR) is 45.8 cm³/mol. The third kappa shape index (κ3) is 3.07. The minimum absolute atomic E-state index is 0.478. The molecule has 0 aromatic rings. The SMILES string of the molecule is C=C/C(=C\NN=C)C(C)C. The average Bonchev–Trinajstić information content (AvgIpc) is 1.89. The van der Waals surface area contributed by atoms with Crippen molar-refractivity contribution in [2.75, 3.05) is 0 Å². The summed E-state index contributed by atoms with van der Waals surface area (Å²) in [6.07, 6.45) is 3.60. The Bertz CT molecular complexity index is 145. The highest BCUT2D eigenvalue weighted by Crippen LogP contribution is 2.07. The van der Waals surface area contributed by atoms with E-state index in [9.17, 15) is 0 Å². The van der Waals surface area contributed by atoms with Crippen LogP contribution in [0.3, 0.4) is 0 Å². The van der Waals surface area contributed by atoms with Crippen LogP contribution in [0, 0.1) is 5.92 Å². The van der Waals surface area contributed by atoms with Gasteiger partial charge in [0.25, 0.3) is 0 Å². The van der Waals surface area contributed by atoms with E-state index in [-0.39, 0.29) is 0 Å². The van der Waals surface area contributed by atoms with E-state index < -0.39 is 0 Å². The maximum absolute atomic E-state index is 3.66. The Morgan fingerprint density at radius 3 is 2.50 bits per heavy atom. The first-order valence-corrected chi connectivity index (χ1v) is 3.26. The number of nitrogens with zero attached hydrogens (tertiary/aromatic N) is 1. The predicted octanol–water partition coefficient (Wildman–Crippen LogP) is 1.92. The van der Waals surface area contributed by atoms with Crippen LogP contribution in [0.2, 0.25) is 0 Å². The van der Waals surface area contributed by atoms with Crippen molar-refractivity contribution in [2.24, 2.45) is 11.0 Å². The Labute approximate surface area is 62.3 Å². The van der Waals surface area contributed by atoms with Crippen LogP contribution in [0.1, 0.15) is 13.8 Å². The van der Waals surface area contributed by atoms with Crippen LogP contribution in [-0.2, 0) is 0 Å². The van der Waals surface area contributed by atoms with Gasteiger partial charge in [0.15, 0.2) is 0 Å². The molecule has 0 heterocycles. The fourth-order valence-corrected chi connectivity index (χ4v) is 0.581. The van der Waals surface area contributed by atoms with E-state index in [0.717, 1.165) is 5.57 Å². The lowest BCUT2D eigenvalue weighted by Crippen LogP contribution is -1.98. The van der Waals surface area contributed by atoms with E-state index in [1.807, 2.05) is 6.08 Å². The second-order valence-corrected chi connectivity index (χ2v) is 2.29. The van der Waals surface area contributed by atoms with Crippen LogP contribution in [0.25, 0.3) is 0 Å². The average molecular weight is 138 g/mol. The Morgan fingerprint density at radius 2 is 2.20 bits per heavy atom. The summed E-state index contributed by atoms with van der Waals surface area (Å²) >= 11 is 0. The molecular weight excluding hydrogens is 124 g/mol. The van der Waals surface area contributed by atoms with Gasteiger partial charge in [-0.2, -0.15) is 5.10 Å². The van der Waals surface area contributed by atoms with E-state index in [1.54, 1.807) is 6.20 Å². The summed E-state index contributed by atoms with van der Waals surface area (Å²) in [7, 11) is 0. The molecule has 0 rings (SSSR count). The van der Waals surface area contributed by atoms with Crippen LogP contribution in [-0.4, -0.2) is 6.72 Å². The van der Waals surface area contributed by atoms with Gasteiger partial charge in [0, 0.05) is 12.9 Å². The summed E-state index contributed by atoms with van der Waals surface area (Å²) in [5.41, 5.74) is 3.79. The number of allylic oxidation sites excluding steroid dienone is 2. The number of nitrogens with one attached hydrogen (secondary N) is 1. The molecule has 1 N–H and O–H groups in total. The highest BCUT2D eigenvalue weighted by Gasteiger charge is 1.95. The minimum Gasteiger partial charge on any atom is -0.286 e. The zero-order chi connectivity index (χ0) is 7.98. The molecule has 0 aromatic carbocycles. The summed E-state index contributed by atoms with van der Waals surface area (Å²) in [5, 5.41) is 3.48. The normalized spacial score (nSPS) is 11.3. The van der Waals surface area contributed by atoms with E-state index in [0.29, 0.717) is 5.92 Å². The van der Waals surface area contributed by atoms with Crippen molar-refractivity contribution in [2.45, 2.75) is 13.8 Å². The van der Waals surface area contributed by atoms with Gasteiger partial charge in [-0.3, -0.25) is 5.43 Å². The van der Waals surface area contributed by atoms with Gasteiger partial charge in [-0.25, -0.2) is 0 Å². The molecule has 0 aliphatic heterocycles. The van der Waals surface area contributed by atoms with Crippen molar-refractivity contribution in [3.8, 4) is 0 Å². The summed E-state index contributed by atoms with van der Waals surface area (Å²) in [5.74, 6) is 0.478. The maximum atomic E-state index is 3.66. The lowest BCUT2D eigenvalue weighted by molar-refractivity contribution is 0.775. The zero-order valence-electron chi connectivity index (χ0n) is 6.59. The van der Waals surface area contributed by atoms with Crippen molar-refractivity contribution < 1.29 is 0 Å². The molecule has 10 heavy (non-hydrogen) atoms. The second-order valence-electron chi connectivity index (χ2n) is 2.29. The van der Waals surface area contributed by atoms with E-state index in [1.165, 1.54) is 0 Å². The standard InChI is InChI=1S/C8H14N2/c1-5-8(7(2)3)6-10-9-4/h5-7,10H,1,4H2,2-3H3/b8-6+. The largest absolute Gasteiger partial charge is 0.286 e. The van der Waals surface area contributed by atoms with Crippen molar-refractivity contribution >= 4 is 6.72 Å². The molecule has 2 nitrogen and oxygen atoms in total. The molecule has 0 aromatic heterocycles. The van der Waals surface area contributed by atoms with Crippen molar-refractivity contribution in [1.82, 2.24) is 5.43 Å². The summed E-state index contributed by atoms with van der Waals surface area (Å²) in [6.45, 7) is 11.1. The molecule has 0 aliphatic carbocycles. The quantitative estimate of drug-likeness (QED) is 0.358. The summed E-state index contributed by atoms with van der Waals surface area (Å²) in [4.78, 5) is 0. The number of hydrogen-bond acceptors (Lipinski definition) is 2. The van der Waals surface area contributed by atoms with Crippen molar-refractivity contribution in [3.05, 3.63) is 24.4 Å². The fourth-order valence-electron chi connectivity index (χ4n) is 0.581. The number of hydrazone groups is 1. The Hall–Kier alpha value is -1.05. The van der Waals surface area contributed by atoms with Crippen molar-refractivity contribution in [3.63, 3.8) is 0 Å². The number of rotatable bonds is 4. The molecule has 0 amide bonds. The molecule has 0 atom stereocenters. The molecule has 0 fully saturated rings. The topological polar surface area (TPSA) is 24.4 Å². The first-order valence-electron chi connectivity index (χ1n) is 3.26. The molecule has 0 spiro atoms. The monoisotopic (exact) mass is 138 g/mol. The Balaban J connectivity index is 4.03.